The molecule has 0 aromatic carbocycles. The largest absolute Gasteiger partial charge is 0.462 e. The zero-order chi connectivity index (χ0) is 16.2. The summed E-state index contributed by atoms with van der Waals surface area (Å²) in [6, 6.07) is 0. The summed E-state index contributed by atoms with van der Waals surface area (Å²) in [5.41, 5.74) is 0. The molecule has 23 heavy (non-hydrogen) atoms. The summed E-state index contributed by atoms with van der Waals surface area (Å²) in [7, 11) is 0. The maximum absolute atomic E-state index is 11.5. The van der Waals surface area contributed by atoms with E-state index in [1.807, 2.05) is 0 Å². The average molecular weight is 316 g/mol. The third-order valence-electron chi connectivity index (χ3n) is 6.37. The summed E-state index contributed by atoms with van der Waals surface area (Å²) in [6.07, 6.45) is 18.8. The second-order valence-corrected chi connectivity index (χ2v) is 7.92. The Labute approximate surface area is 141 Å². The molecular weight excluding hydrogens is 284 g/mol. The second kappa shape index (κ2) is 7.68. The van der Waals surface area contributed by atoms with Crippen LogP contribution in [0.4, 0.5) is 0 Å². The molecule has 1 aliphatic heterocycles. The van der Waals surface area contributed by atoms with E-state index >= 15 is 0 Å². The Morgan fingerprint density at radius 1 is 1.22 bits per heavy atom. The minimum absolute atomic E-state index is 0.0163. The summed E-state index contributed by atoms with van der Waals surface area (Å²) in [6.45, 7) is 4.52. The average Bonchev–Trinajstić information content (AvgIpc) is 2.54. The van der Waals surface area contributed by atoms with Gasteiger partial charge in [-0.3, -0.25) is 4.79 Å². The number of carbonyl (C=O) groups is 1. The Morgan fingerprint density at radius 2 is 2.09 bits per heavy atom. The van der Waals surface area contributed by atoms with E-state index in [4.69, 9.17) is 4.74 Å². The van der Waals surface area contributed by atoms with Crippen molar-refractivity contribution in [2.75, 3.05) is 0 Å². The number of carbonyl (C=O) groups excluding carboxylic acids is 1. The summed E-state index contributed by atoms with van der Waals surface area (Å²) in [5, 5.41) is 0. The van der Waals surface area contributed by atoms with E-state index in [0.717, 1.165) is 42.9 Å². The van der Waals surface area contributed by atoms with Gasteiger partial charge < -0.3 is 4.74 Å². The third-order valence-corrected chi connectivity index (χ3v) is 6.37. The van der Waals surface area contributed by atoms with E-state index in [-0.39, 0.29) is 12.1 Å². The van der Waals surface area contributed by atoms with Gasteiger partial charge in [0.25, 0.3) is 0 Å². The number of esters is 1. The van der Waals surface area contributed by atoms with Gasteiger partial charge in [0.1, 0.15) is 6.10 Å². The van der Waals surface area contributed by atoms with Crippen molar-refractivity contribution in [2.45, 2.75) is 71.3 Å². The Bertz CT molecular complexity index is 464. The van der Waals surface area contributed by atoms with Crippen molar-refractivity contribution in [1.29, 1.82) is 0 Å². The van der Waals surface area contributed by atoms with Gasteiger partial charge in [-0.15, -0.1) is 0 Å². The molecule has 3 aliphatic rings. The minimum Gasteiger partial charge on any atom is -0.462 e. The van der Waals surface area contributed by atoms with Gasteiger partial charge in [-0.05, 0) is 81.5 Å². The van der Waals surface area contributed by atoms with Crippen molar-refractivity contribution >= 4 is 5.97 Å². The molecule has 2 unspecified atom stereocenters. The first-order chi connectivity index (χ1) is 11.2. The van der Waals surface area contributed by atoms with Gasteiger partial charge in [0, 0.05) is 6.42 Å². The highest BCUT2D eigenvalue weighted by Crippen LogP contribution is 2.47. The molecule has 6 atom stereocenters. The maximum Gasteiger partial charge on any atom is 0.306 e. The summed E-state index contributed by atoms with van der Waals surface area (Å²) in [5.74, 6) is 3.85. The first-order valence-corrected chi connectivity index (χ1v) is 9.68. The Balaban J connectivity index is 1.58. The number of rotatable bonds is 4. The molecule has 3 rings (SSSR count). The lowest BCUT2D eigenvalue weighted by Crippen LogP contribution is -2.35. The summed E-state index contributed by atoms with van der Waals surface area (Å²) in [4.78, 5) is 11.5. The molecule has 1 saturated carbocycles. The molecule has 2 heteroatoms. The van der Waals surface area contributed by atoms with Crippen molar-refractivity contribution < 1.29 is 9.53 Å². The van der Waals surface area contributed by atoms with Crippen LogP contribution in [0.25, 0.3) is 0 Å². The monoisotopic (exact) mass is 316 g/mol. The molecule has 0 bridgehead atoms. The van der Waals surface area contributed by atoms with Crippen LogP contribution in [0.2, 0.25) is 0 Å². The SMILES string of the molecule is C/C=C\[C@@H]1CCC2C(C=C[C@H](C)[C@@H]2CC[C@@H]2CCCC(=O)O2)C1. The molecule has 128 valence electrons. The number of cyclic esters (lactones) is 1. The predicted octanol–water partition coefficient (Wildman–Crippen LogP) is 5.29. The van der Waals surface area contributed by atoms with Gasteiger partial charge in [0.15, 0.2) is 0 Å². The number of hydrogen-bond donors (Lipinski definition) is 0. The van der Waals surface area contributed by atoms with Crippen LogP contribution in [-0.2, 0) is 9.53 Å². The highest BCUT2D eigenvalue weighted by atomic mass is 16.5. The highest BCUT2D eigenvalue weighted by Gasteiger charge is 2.38. The van der Waals surface area contributed by atoms with Gasteiger partial charge in [-0.25, -0.2) is 0 Å². The molecule has 2 aliphatic carbocycles. The normalized spacial score (nSPS) is 40.9. The van der Waals surface area contributed by atoms with Crippen LogP contribution in [0.15, 0.2) is 24.3 Å². The fourth-order valence-electron chi connectivity index (χ4n) is 5.15. The van der Waals surface area contributed by atoms with Gasteiger partial charge in [-0.2, -0.15) is 0 Å². The molecule has 0 aromatic heterocycles. The Kier molecular flexibility index (Phi) is 5.61. The van der Waals surface area contributed by atoms with Gasteiger partial charge >= 0.3 is 5.97 Å². The second-order valence-electron chi connectivity index (χ2n) is 7.92. The van der Waals surface area contributed by atoms with E-state index in [1.54, 1.807) is 0 Å². The number of allylic oxidation sites excluding steroid dienone is 4. The lowest BCUT2D eigenvalue weighted by Gasteiger charge is -2.44. The number of ether oxygens (including phenoxy) is 1. The Morgan fingerprint density at radius 3 is 2.87 bits per heavy atom. The molecule has 2 fully saturated rings. The van der Waals surface area contributed by atoms with Gasteiger partial charge in [-0.1, -0.05) is 31.2 Å². The van der Waals surface area contributed by atoms with Gasteiger partial charge in [0.2, 0.25) is 0 Å². The fraction of sp³-hybridized carbons (Fsp3) is 0.762. The first-order valence-electron chi connectivity index (χ1n) is 9.68. The first kappa shape index (κ1) is 16.8. The number of fused-ring (bicyclic) bond motifs is 1. The molecule has 1 saturated heterocycles. The van der Waals surface area contributed by atoms with Crippen LogP contribution in [0.1, 0.15) is 65.2 Å². The summed E-state index contributed by atoms with van der Waals surface area (Å²) >= 11 is 0. The molecule has 1 heterocycles. The van der Waals surface area contributed by atoms with Crippen LogP contribution in [0, 0.1) is 29.6 Å². The number of hydrogen-bond acceptors (Lipinski definition) is 2. The lowest BCUT2D eigenvalue weighted by atomic mass is 9.62. The van der Waals surface area contributed by atoms with Crippen molar-refractivity contribution in [3.63, 3.8) is 0 Å². The standard InChI is InChI=1S/C21H32O2/c1-3-5-16-9-12-20-17(14-16)10-8-15(2)19(20)13-11-18-6-4-7-21(22)23-18/h3,5,8,10,15-20H,4,6-7,9,11-14H2,1-2H3/b5-3-/t15-,16+,17?,18-,19-,20?/m0/s1. The minimum atomic E-state index is 0.0163. The van der Waals surface area contributed by atoms with Crippen LogP contribution in [0.3, 0.4) is 0 Å². The van der Waals surface area contributed by atoms with Gasteiger partial charge in [0.05, 0.1) is 0 Å². The Hall–Kier alpha value is -1.05. The van der Waals surface area contributed by atoms with E-state index in [9.17, 15) is 4.79 Å². The predicted molar refractivity (Wildman–Crippen MR) is 93.9 cm³/mol. The van der Waals surface area contributed by atoms with E-state index < -0.39 is 0 Å². The van der Waals surface area contributed by atoms with Crippen molar-refractivity contribution in [3.05, 3.63) is 24.3 Å². The molecule has 0 amide bonds. The molecule has 0 N–H and O–H groups in total. The maximum atomic E-state index is 11.5. The summed E-state index contributed by atoms with van der Waals surface area (Å²) < 4.78 is 5.53. The zero-order valence-corrected chi connectivity index (χ0v) is 14.7. The molecule has 0 radical (unpaired) electrons. The molecule has 0 spiro atoms. The van der Waals surface area contributed by atoms with Crippen LogP contribution < -0.4 is 0 Å². The van der Waals surface area contributed by atoms with Crippen molar-refractivity contribution in [3.8, 4) is 0 Å². The van der Waals surface area contributed by atoms with E-state index in [2.05, 4.69) is 38.2 Å². The zero-order valence-electron chi connectivity index (χ0n) is 14.7. The topological polar surface area (TPSA) is 26.3 Å². The lowest BCUT2D eigenvalue weighted by molar-refractivity contribution is -0.154. The van der Waals surface area contributed by atoms with Crippen LogP contribution >= 0.6 is 0 Å². The highest BCUT2D eigenvalue weighted by molar-refractivity contribution is 5.70. The smallest absolute Gasteiger partial charge is 0.306 e. The quantitative estimate of drug-likeness (QED) is 0.520. The fourth-order valence-corrected chi connectivity index (χ4v) is 5.15. The third kappa shape index (κ3) is 4.08. The van der Waals surface area contributed by atoms with Crippen molar-refractivity contribution in [2.24, 2.45) is 29.6 Å². The van der Waals surface area contributed by atoms with Crippen LogP contribution in [-0.4, -0.2) is 12.1 Å². The molecule has 0 aromatic rings. The molecular formula is C21H32O2. The van der Waals surface area contributed by atoms with Crippen molar-refractivity contribution in [1.82, 2.24) is 0 Å². The van der Waals surface area contributed by atoms with E-state index in [0.29, 0.717) is 12.3 Å². The molecule has 2 nitrogen and oxygen atoms in total. The van der Waals surface area contributed by atoms with E-state index in [1.165, 1.54) is 25.7 Å². The van der Waals surface area contributed by atoms with Crippen LogP contribution in [0.5, 0.6) is 0 Å².